The monoisotopic (exact) mass is 236 g/mol. The number of nitrogens with two attached hydrogens (primary N) is 1. The fourth-order valence-electron chi connectivity index (χ4n) is 2.93. The number of rotatable bonds is 5. The molecular weight excluding hydrogens is 212 g/mol. The van der Waals surface area contributed by atoms with E-state index in [4.69, 9.17) is 10.2 Å². The van der Waals surface area contributed by atoms with Gasteiger partial charge in [-0.15, -0.1) is 0 Å². The van der Waals surface area contributed by atoms with Crippen LogP contribution in [0.1, 0.15) is 37.7 Å². The summed E-state index contributed by atoms with van der Waals surface area (Å²) in [5, 5.41) is 0. The summed E-state index contributed by atoms with van der Waals surface area (Å²) in [5.74, 6) is 2.82. The van der Waals surface area contributed by atoms with Gasteiger partial charge in [-0.05, 0) is 44.5 Å². The first kappa shape index (κ1) is 12.7. The highest BCUT2D eigenvalue weighted by Gasteiger charge is 2.29. The van der Waals surface area contributed by atoms with Crippen LogP contribution in [0.25, 0.3) is 0 Å². The van der Waals surface area contributed by atoms with Gasteiger partial charge in [-0.25, -0.2) is 0 Å². The molecule has 1 heterocycles. The summed E-state index contributed by atoms with van der Waals surface area (Å²) in [4.78, 5) is 2.41. The Labute approximate surface area is 104 Å². The van der Waals surface area contributed by atoms with Crippen LogP contribution >= 0.6 is 0 Å². The molecule has 0 amide bonds. The Bertz CT molecular complexity index is 348. The van der Waals surface area contributed by atoms with Crippen LogP contribution in [0.2, 0.25) is 0 Å². The van der Waals surface area contributed by atoms with Gasteiger partial charge in [-0.1, -0.05) is 13.3 Å². The molecule has 3 heteroatoms. The molecule has 0 saturated heterocycles. The van der Waals surface area contributed by atoms with E-state index < -0.39 is 0 Å². The maximum absolute atomic E-state index is 5.83. The third-order valence-electron chi connectivity index (χ3n) is 3.96. The molecule has 2 N–H and O–H groups in total. The lowest BCUT2D eigenvalue weighted by atomic mass is 10.0. The largest absolute Gasteiger partial charge is 0.465 e. The van der Waals surface area contributed by atoms with Crippen LogP contribution in [0.4, 0.5) is 0 Å². The summed E-state index contributed by atoms with van der Waals surface area (Å²) in [6.07, 6.45) is 4.84. The second-order valence-electron chi connectivity index (χ2n) is 5.13. The zero-order valence-corrected chi connectivity index (χ0v) is 11.0. The Morgan fingerprint density at radius 1 is 1.35 bits per heavy atom. The molecule has 0 aromatic carbocycles. The van der Waals surface area contributed by atoms with E-state index in [1.807, 2.05) is 0 Å². The fraction of sp³-hybridized carbons (Fsp3) is 0.714. The van der Waals surface area contributed by atoms with Crippen molar-refractivity contribution in [2.75, 3.05) is 13.6 Å². The quantitative estimate of drug-likeness (QED) is 0.853. The zero-order chi connectivity index (χ0) is 12.3. The maximum Gasteiger partial charge on any atom is 0.118 e. The van der Waals surface area contributed by atoms with Gasteiger partial charge in [0, 0.05) is 12.5 Å². The molecule has 17 heavy (non-hydrogen) atoms. The van der Waals surface area contributed by atoms with E-state index in [-0.39, 0.29) is 0 Å². The Hall–Kier alpha value is -0.800. The highest BCUT2D eigenvalue weighted by molar-refractivity contribution is 5.07. The molecule has 1 aromatic heterocycles. The van der Waals surface area contributed by atoms with Gasteiger partial charge in [0.25, 0.3) is 0 Å². The third-order valence-corrected chi connectivity index (χ3v) is 3.96. The number of nitrogens with zero attached hydrogens (tertiary/aromatic N) is 1. The normalized spacial score (nSPS) is 24.7. The van der Waals surface area contributed by atoms with E-state index in [1.54, 1.807) is 0 Å². The minimum absolute atomic E-state index is 0.634. The molecule has 1 saturated carbocycles. The maximum atomic E-state index is 5.83. The van der Waals surface area contributed by atoms with E-state index in [2.05, 4.69) is 31.0 Å². The van der Waals surface area contributed by atoms with Crippen molar-refractivity contribution in [1.82, 2.24) is 4.90 Å². The lowest BCUT2D eigenvalue weighted by Gasteiger charge is -2.28. The van der Waals surface area contributed by atoms with Crippen LogP contribution in [-0.4, -0.2) is 24.5 Å². The van der Waals surface area contributed by atoms with Crippen molar-refractivity contribution in [3.8, 4) is 0 Å². The molecule has 1 aromatic rings. The molecule has 3 nitrogen and oxygen atoms in total. The number of hydrogen-bond donors (Lipinski definition) is 1. The zero-order valence-electron chi connectivity index (χ0n) is 11.0. The van der Waals surface area contributed by atoms with Gasteiger partial charge in [-0.3, -0.25) is 4.90 Å². The van der Waals surface area contributed by atoms with Crippen LogP contribution in [0.15, 0.2) is 16.5 Å². The number of hydrogen-bond acceptors (Lipinski definition) is 3. The smallest absolute Gasteiger partial charge is 0.118 e. The van der Waals surface area contributed by atoms with Crippen LogP contribution in [-0.2, 0) is 13.0 Å². The average Bonchev–Trinajstić information content (AvgIpc) is 2.96. The van der Waals surface area contributed by atoms with Crippen LogP contribution in [0.5, 0.6) is 0 Å². The molecule has 1 fully saturated rings. The van der Waals surface area contributed by atoms with Gasteiger partial charge in [0.2, 0.25) is 0 Å². The van der Waals surface area contributed by atoms with Gasteiger partial charge in [0.15, 0.2) is 0 Å². The Morgan fingerprint density at radius 2 is 2.12 bits per heavy atom. The van der Waals surface area contributed by atoms with Crippen LogP contribution in [0, 0.1) is 5.92 Å². The molecule has 1 aliphatic rings. The number of furan rings is 1. The molecule has 0 bridgehead atoms. The predicted octanol–water partition coefficient (Wildman–Crippen LogP) is 2.40. The summed E-state index contributed by atoms with van der Waals surface area (Å²) >= 11 is 0. The van der Waals surface area contributed by atoms with Crippen molar-refractivity contribution in [3.05, 3.63) is 23.7 Å². The third kappa shape index (κ3) is 2.90. The summed E-state index contributed by atoms with van der Waals surface area (Å²) < 4.78 is 5.76. The molecule has 2 unspecified atom stereocenters. The van der Waals surface area contributed by atoms with E-state index in [0.717, 1.165) is 31.0 Å². The summed E-state index contributed by atoms with van der Waals surface area (Å²) in [6.45, 7) is 3.84. The Morgan fingerprint density at radius 3 is 2.76 bits per heavy atom. The fourth-order valence-corrected chi connectivity index (χ4v) is 2.93. The lowest BCUT2D eigenvalue weighted by Crippen LogP contribution is -2.37. The first-order valence-corrected chi connectivity index (χ1v) is 6.72. The van der Waals surface area contributed by atoms with E-state index >= 15 is 0 Å². The molecular formula is C14H24N2O. The van der Waals surface area contributed by atoms with Gasteiger partial charge in [0.05, 0.1) is 6.54 Å². The van der Waals surface area contributed by atoms with Gasteiger partial charge >= 0.3 is 0 Å². The molecule has 2 rings (SSSR count). The Balaban J connectivity index is 1.93. The molecule has 0 radical (unpaired) electrons. The molecule has 0 spiro atoms. The minimum Gasteiger partial charge on any atom is -0.465 e. The van der Waals surface area contributed by atoms with Crippen molar-refractivity contribution >= 4 is 0 Å². The average molecular weight is 236 g/mol. The SMILES string of the molecule is CCc1ccc(CN(C)C2CCCC2CN)o1. The molecule has 0 aliphatic heterocycles. The second kappa shape index (κ2) is 5.69. The van der Waals surface area contributed by atoms with Crippen molar-refractivity contribution in [2.24, 2.45) is 11.7 Å². The summed E-state index contributed by atoms with van der Waals surface area (Å²) in [5.41, 5.74) is 5.83. The van der Waals surface area contributed by atoms with E-state index in [9.17, 15) is 0 Å². The highest BCUT2D eigenvalue weighted by Crippen LogP contribution is 2.29. The van der Waals surface area contributed by atoms with Crippen molar-refractivity contribution in [2.45, 2.75) is 45.2 Å². The minimum atomic E-state index is 0.634. The highest BCUT2D eigenvalue weighted by atomic mass is 16.3. The van der Waals surface area contributed by atoms with Crippen LogP contribution < -0.4 is 5.73 Å². The van der Waals surface area contributed by atoms with E-state index in [1.165, 1.54) is 19.3 Å². The molecule has 2 atom stereocenters. The summed E-state index contributed by atoms with van der Waals surface area (Å²) in [7, 11) is 2.19. The standard InChI is InChI=1S/C14H24N2O/c1-3-12-7-8-13(17-12)10-16(2)14-6-4-5-11(14)9-15/h7-8,11,14H,3-6,9-10,15H2,1-2H3. The first-order chi connectivity index (χ1) is 8.24. The van der Waals surface area contributed by atoms with Crippen LogP contribution in [0.3, 0.4) is 0 Å². The predicted molar refractivity (Wildman–Crippen MR) is 69.7 cm³/mol. The van der Waals surface area contributed by atoms with Crippen molar-refractivity contribution in [3.63, 3.8) is 0 Å². The Kier molecular flexibility index (Phi) is 4.24. The molecule has 96 valence electrons. The van der Waals surface area contributed by atoms with Crippen molar-refractivity contribution < 1.29 is 4.42 Å². The second-order valence-corrected chi connectivity index (χ2v) is 5.13. The van der Waals surface area contributed by atoms with E-state index in [0.29, 0.717) is 12.0 Å². The van der Waals surface area contributed by atoms with Gasteiger partial charge in [0.1, 0.15) is 11.5 Å². The topological polar surface area (TPSA) is 42.4 Å². The first-order valence-electron chi connectivity index (χ1n) is 6.72. The van der Waals surface area contributed by atoms with Crippen molar-refractivity contribution in [1.29, 1.82) is 0 Å². The van der Waals surface area contributed by atoms with Gasteiger partial charge in [-0.2, -0.15) is 0 Å². The van der Waals surface area contributed by atoms with Gasteiger partial charge < -0.3 is 10.2 Å². The number of aryl methyl sites for hydroxylation is 1. The summed E-state index contributed by atoms with van der Waals surface area (Å²) in [6, 6.07) is 4.81. The molecule has 1 aliphatic carbocycles. The lowest BCUT2D eigenvalue weighted by molar-refractivity contribution is 0.179.